The molecule has 2 aromatic rings. The van der Waals surface area contributed by atoms with Gasteiger partial charge in [0.05, 0.1) is 11.4 Å². The highest BCUT2D eigenvalue weighted by Crippen LogP contribution is 2.28. The molecule has 2 aromatic carbocycles. The zero-order chi connectivity index (χ0) is 13.0. The summed E-state index contributed by atoms with van der Waals surface area (Å²) < 4.78 is 0. The number of anilines is 1. The maximum Gasteiger partial charge on any atom is 0.0855 e. The number of para-hydroxylation sites is 2. The topological polar surface area (TPSA) is 15.6 Å². The molecule has 0 unspecified atom stereocenters. The van der Waals surface area contributed by atoms with Crippen LogP contribution in [0.2, 0.25) is 0 Å². The summed E-state index contributed by atoms with van der Waals surface area (Å²) in [6, 6.07) is 16.5. The molecule has 0 atom stereocenters. The number of rotatable bonds is 4. The Labute approximate surface area is 109 Å². The van der Waals surface area contributed by atoms with E-state index < -0.39 is 0 Å². The van der Waals surface area contributed by atoms with Crippen molar-refractivity contribution in [3.63, 3.8) is 0 Å². The summed E-state index contributed by atoms with van der Waals surface area (Å²) in [6.45, 7) is 6.64. The molecule has 0 N–H and O–H groups in total. The van der Waals surface area contributed by atoms with Gasteiger partial charge in [0.25, 0.3) is 0 Å². The zero-order valence-corrected chi connectivity index (χ0v) is 10.9. The van der Waals surface area contributed by atoms with Crippen LogP contribution in [0, 0.1) is 6.92 Å². The van der Waals surface area contributed by atoms with E-state index in [-0.39, 0.29) is 0 Å². The normalized spacial score (nSPS) is 10.1. The summed E-state index contributed by atoms with van der Waals surface area (Å²) in [5, 5.41) is 0. The quantitative estimate of drug-likeness (QED) is 0.736. The second-order valence-electron chi connectivity index (χ2n) is 4.43. The van der Waals surface area contributed by atoms with Gasteiger partial charge in [-0.3, -0.25) is 4.99 Å². The molecule has 0 aliphatic rings. The predicted octanol–water partition coefficient (Wildman–Crippen LogP) is 3.96. The van der Waals surface area contributed by atoms with Crippen molar-refractivity contribution in [2.75, 3.05) is 11.9 Å². The van der Waals surface area contributed by atoms with Crippen LogP contribution in [0.3, 0.4) is 0 Å². The Balaban J connectivity index is 2.25. The molecule has 0 heterocycles. The van der Waals surface area contributed by atoms with Crippen LogP contribution >= 0.6 is 0 Å². The first-order chi connectivity index (χ1) is 8.72. The molecule has 2 nitrogen and oxygen atoms in total. The van der Waals surface area contributed by atoms with E-state index in [9.17, 15) is 0 Å². The third-order valence-corrected chi connectivity index (χ3v) is 3.13. The van der Waals surface area contributed by atoms with Crippen LogP contribution in [0.1, 0.15) is 11.1 Å². The molecule has 92 valence electrons. The molecule has 2 heteroatoms. The highest BCUT2D eigenvalue weighted by Gasteiger charge is 2.07. The highest BCUT2D eigenvalue weighted by atomic mass is 15.1. The van der Waals surface area contributed by atoms with Crippen molar-refractivity contribution >= 4 is 18.1 Å². The van der Waals surface area contributed by atoms with Crippen LogP contribution in [-0.2, 0) is 6.54 Å². The first-order valence-corrected chi connectivity index (χ1v) is 6.04. The second-order valence-corrected chi connectivity index (χ2v) is 4.43. The molecule has 0 radical (unpaired) electrons. The van der Waals surface area contributed by atoms with Crippen LogP contribution in [0.25, 0.3) is 0 Å². The van der Waals surface area contributed by atoms with Gasteiger partial charge in [-0.15, -0.1) is 0 Å². The van der Waals surface area contributed by atoms with E-state index in [0.29, 0.717) is 0 Å². The monoisotopic (exact) mass is 238 g/mol. The van der Waals surface area contributed by atoms with E-state index in [4.69, 9.17) is 0 Å². The summed E-state index contributed by atoms with van der Waals surface area (Å²) in [4.78, 5) is 6.26. The molecule has 2 rings (SSSR count). The fourth-order valence-electron chi connectivity index (χ4n) is 2.05. The molecule has 0 fully saturated rings. The van der Waals surface area contributed by atoms with Crippen molar-refractivity contribution in [1.82, 2.24) is 0 Å². The number of aryl methyl sites for hydroxylation is 1. The van der Waals surface area contributed by atoms with Gasteiger partial charge in [0.1, 0.15) is 0 Å². The smallest absolute Gasteiger partial charge is 0.0855 e. The lowest BCUT2D eigenvalue weighted by atomic mass is 10.1. The molecule has 18 heavy (non-hydrogen) atoms. The molecule has 0 aliphatic heterocycles. The van der Waals surface area contributed by atoms with E-state index in [1.165, 1.54) is 11.1 Å². The Morgan fingerprint density at radius 3 is 2.44 bits per heavy atom. The van der Waals surface area contributed by atoms with Gasteiger partial charge >= 0.3 is 0 Å². The van der Waals surface area contributed by atoms with E-state index in [0.717, 1.165) is 17.9 Å². The maximum absolute atomic E-state index is 4.06. The van der Waals surface area contributed by atoms with Crippen LogP contribution in [0.4, 0.5) is 11.4 Å². The Morgan fingerprint density at radius 2 is 1.72 bits per heavy atom. The molecule has 0 saturated heterocycles. The number of hydrogen-bond acceptors (Lipinski definition) is 2. The van der Waals surface area contributed by atoms with Gasteiger partial charge < -0.3 is 4.90 Å². The van der Waals surface area contributed by atoms with Crippen molar-refractivity contribution < 1.29 is 0 Å². The SMILES string of the molecule is C=Nc1ccccc1N(C)Cc1ccccc1C. The molecule has 0 amide bonds. The fourth-order valence-corrected chi connectivity index (χ4v) is 2.05. The number of benzene rings is 2. The minimum absolute atomic E-state index is 0.874. The average Bonchev–Trinajstić information content (AvgIpc) is 2.41. The number of aliphatic imine (C=N–C) groups is 1. The summed E-state index contributed by atoms with van der Waals surface area (Å²) in [7, 11) is 2.08. The minimum Gasteiger partial charge on any atom is -0.369 e. The highest BCUT2D eigenvalue weighted by molar-refractivity contribution is 5.68. The molecular weight excluding hydrogens is 220 g/mol. The molecule has 0 aliphatic carbocycles. The van der Waals surface area contributed by atoms with Gasteiger partial charge in [0.15, 0.2) is 0 Å². The third kappa shape index (κ3) is 2.59. The van der Waals surface area contributed by atoms with Crippen molar-refractivity contribution in [3.05, 3.63) is 59.7 Å². The first-order valence-electron chi connectivity index (χ1n) is 6.04. The summed E-state index contributed by atoms with van der Waals surface area (Å²) >= 11 is 0. The first kappa shape index (κ1) is 12.4. The second kappa shape index (κ2) is 5.50. The van der Waals surface area contributed by atoms with Crippen LogP contribution in [0.5, 0.6) is 0 Å². The maximum atomic E-state index is 4.06. The van der Waals surface area contributed by atoms with Crippen molar-refractivity contribution in [3.8, 4) is 0 Å². The minimum atomic E-state index is 0.874. The van der Waals surface area contributed by atoms with Gasteiger partial charge in [-0.2, -0.15) is 0 Å². The largest absolute Gasteiger partial charge is 0.369 e. The number of nitrogens with zero attached hydrogens (tertiary/aromatic N) is 2. The van der Waals surface area contributed by atoms with E-state index in [1.807, 2.05) is 18.2 Å². The third-order valence-electron chi connectivity index (χ3n) is 3.13. The van der Waals surface area contributed by atoms with Crippen molar-refractivity contribution in [1.29, 1.82) is 0 Å². The van der Waals surface area contributed by atoms with Crippen LogP contribution < -0.4 is 4.90 Å². The Morgan fingerprint density at radius 1 is 1.06 bits per heavy atom. The molecular formula is C16H18N2. The Kier molecular flexibility index (Phi) is 3.78. The Hall–Kier alpha value is -2.09. The molecule has 0 bridgehead atoms. The fraction of sp³-hybridized carbons (Fsp3) is 0.188. The predicted molar refractivity (Wildman–Crippen MR) is 78.9 cm³/mol. The Bertz CT molecular complexity index is 546. The lowest BCUT2D eigenvalue weighted by Gasteiger charge is -2.22. The van der Waals surface area contributed by atoms with Gasteiger partial charge in [0, 0.05) is 13.6 Å². The van der Waals surface area contributed by atoms with Gasteiger partial charge in [-0.1, -0.05) is 36.4 Å². The zero-order valence-electron chi connectivity index (χ0n) is 10.9. The lowest BCUT2D eigenvalue weighted by Crippen LogP contribution is -2.17. The van der Waals surface area contributed by atoms with Gasteiger partial charge in [0.2, 0.25) is 0 Å². The molecule has 0 saturated carbocycles. The van der Waals surface area contributed by atoms with Gasteiger partial charge in [-0.25, -0.2) is 0 Å². The van der Waals surface area contributed by atoms with Crippen molar-refractivity contribution in [2.24, 2.45) is 4.99 Å². The lowest BCUT2D eigenvalue weighted by molar-refractivity contribution is 0.914. The van der Waals surface area contributed by atoms with E-state index in [1.54, 1.807) is 0 Å². The number of hydrogen-bond donors (Lipinski definition) is 0. The van der Waals surface area contributed by atoms with E-state index in [2.05, 4.69) is 60.9 Å². The summed E-state index contributed by atoms with van der Waals surface area (Å²) in [5.74, 6) is 0. The summed E-state index contributed by atoms with van der Waals surface area (Å²) in [5.41, 5.74) is 4.68. The van der Waals surface area contributed by atoms with Gasteiger partial charge in [-0.05, 0) is 36.9 Å². The van der Waals surface area contributed by atoms with Crippen LogP contribution in [0.15, 0.2) is 53.5 Å². The van der Waals surface area contributed by atoms with E-state index >= 15 is 0 Å². The molecule has 0 spiro atoms. The standard InChI is InChI=1S/C16H18N2/c1-13-8-4-5-9-14(13)12-18(3)16-11-7-6-10-15(16)17-2/h4-11H,2,12H2,1,3H3. The average molecular weight is 238 g/mol. The van der Waals surface area contributed by atoms with Crippen LogP contribution in [-0.4, -0.2) is 13.8 Å². The molecule has 0 aromatic heterocycles. The van der Waals surface area contributed by atoms with Crippen molar-refractivity contribution in [2.45, 2.75) is 13.5 Å². The summed E-state index contributed by atoms with van der Waals surface area (Å²) in [6.07, 6.45) is 0.